The summed E-state index contributed by atoms with van der Waals surface area (Å²) in [6.45, 7) is 10.3. The van der Waals surface area contributed by atoms with Crippen molar-refractivity contribution in [1.29, 1.82) is 0 Å². The zero-order valence-electron chi connectivity index (χ0n) is 19.8. The van der Waals surface area contributed by atoms with Crippen molar-refractivity contribution >= 4 is 23.0 Å². The van der Waals surface area contributed by atoms with Gasteiger partial charge in [-0.1, -0.05) is 30.3 Å². The second-order valence-electron chi connectivity index (χ2n) is 9.01. The quantitative estimate of drug-likeness (QED) is 0.340. The van der Waals surface area contributed by atoms with Crippen LogP contribution in [0.1, 0.15) is 49.9 Å². The molecule has 0 unspecified atom stereocenters. The van der Waals surface area contributed by atoms with E-state index in [0.29, 0.717) is 23.1 Å². The van der Waals surface area contributed by atoms with E-state index < -0.39 is 29.3 Å². The van der Waals surface area contributed by atoms with Gasteiger partial charge < -0.3 is 19.2 Å². The molecule has 2 aromatic carbocycles. The third kappa shape index (κ3) is 5.80. The summed E-state index contributed by atoms with van der Waals surface area (Å²) in [5, 5.41) is 3.23. The molecule has 1 N–H and O–H groups in total. The summed E-state index contributed by atoms with van der Waals surface area (Å²) in [7, 11) is 0. The fourth-order valence-electron chi connectivity index (χ4n) is 3.43. The van der Waals surface area contributed by atoms with Crippen LogP contribution in [0.5, 0.6) is 5.75 Å². The molecule has 33 heavy (non-hydrogen) atoms. The molecule has 0 aliphatic rings. The van der Waals surface area contributed by atoms with Crippen LogP contribution in [-0.4, -0.2) is 23.7 Å². The molecule has 0 saturated heterocycles. The van der Waals surface area contributed by atoms with E-state index in [2.05, 4.69) is 5.32 Å². The molecule has 0 aliphatic heterocycles. The highest BCUT2D eigenvalue weighted by molar-refractivity contribution is 5.88. The largest absolute Gasteiger partial charge is 0.444 e. The van der Waals surface area contributed by atoms with Crippen LogP contribution < -0.4 is 15.7 Å². The van der Waals surface area contributed by atoms with Gasteiger partial charge in [0.15, 0.2) is 0 Å². The minimum atomic E-state index is -0.933. The van der Waals surface area contributed by atoms with Crippen molar-refractivity contribution in [3.05, 3.63) is 75.1 Å². The van der Waals surface area contributed by atoms with Gasteiger partial charge in [-0.2, -0.15) is 0 Å². The van der Waals surface area contributed by atoms with Gasteiger partial charge in [-0.05, 0) is 64.8 Å². The highest BCUT2D eigenvalue weighted by Gasteiger charge is 2.23. The number of ether oxygens (including phenoxy) is 2. The van der Waals surface area contributed by atoms with Gasteiger partial charge in [-0.3, -0.25) is 0 Å². The Balaban J connectivity index is 1.83. The molecular weight excluding hydrogens is 422 g/mol. The summed E-state index contributed by atoms with van der Waals surface area (Å²) in [4.78, 5) is 37.2. The van der Waals surface area contributed by atoms with E-state index >= 15 is 0 Å². The number of nitrogens with one attached hydrogen (secondary N) is 1. The summed E-state index contributed by atoms with van der Waals surface area (Å²) in [6.07, 6.45) is -0.246. The van der Waals surface area contributed by atoms with Gasteiger partial charge in [0.25, 0.3) is 0 Å². The third-order valence-corrected chi connectivity index (χ3v) is 5.18. The molecule has 3 aromatic rings. The number of esters is 1. The van der Waals surface area contributed by atoms with Crippen molar-refractivity contribution < 1.29 is 23.5 Å². The van der Waals surface area contributed by atoms with Gasteiger partial charge in [-0.25, -0.2) is 14.4 Å². The number of benzene rings is 2. The fourth-order valence-corrected chi connectivity index (χ4v) is 3.43. The second-order valence-corrected chi connectivity index (χ2v) is 9.01. The van der Waals surface area contributed by atoms with Gasteiger partial charge in [0.05, 0.1) is 0 Å². The van der Waals surface area contributed by atoms with Crippen LogP contribution in [0.3, 0.4) is 0 Å². The monoisotopic (exact) mass is 451 g/mol. The molecule has 0 radical (unpaired) electrons. The van der Waals surface area contributed by atoms with Crippen LogP contribution in [-0.2, 0) is 16.0 Å². The van der Waals surface area contributed by atoms with Crippen molar-refractivity contribution in [3.8, 4) is 5.75 Å². The molecule has 0 spiro atoms. The molecule has 7 nitrogen and oxygen atoms in total. The van der Waals surface area contributed by atoms with E-state index in [4.69, 9.17) is 13.9 Å². The second kappa shape index (κ2) is 9.48. The Hall–Kier alpha value is -3.61. The molecule has 7 heteroatoms. The lowest BCUT2D eigenvalue weighted by molar-refractivity contribution is -0.136. The van der Waals surface area contributed by atoms with Crippen molar-refractivity contribution in [3.63, 3.8) is 0 Å². The minimum absolute atomic E-state index is 0.253. The van der Waals surface area contributed by atoms with Crippen molar-refractivity contribution in [2.75, 3.05) is 0 Å². The topological polar surface area (TPSA) is 94.8 Å². The molecule has 3 rings (SSSR count). The molecule has 0 saturated carbocycles. The highest BCUT2D eigenvalue weighted by atomic mass is 16.6. The third-order valence-electron chi connectivity index (χ3n) is 5.18. The van der Waals surface area contributed by atoms with Crippen LogP contribution in [0, 0.1) is 13.8 Å². The van der Waals surface area contributed by atoms with E-state index in [9.17, 15) is 14.4 Å². The molecule has 0 fully saturated rings. The number of carbonyl (C=O) groups is 2. The maximum Gasteiger partial charge on any atom is 0.408 e. The lowest BCUT2D eigenvalue weighted by atomic mass is 9.98. The Kier molecular flexibility index (Phi) is 6.91. The van der Waals surface area contributed by atoms with Crippen molar-refractivity contribution in [2.45, 2.75) is 59.6 Å². The maximum absolute atomic E-state index is 12.8. The maximum atomic E-state index is 12.8. The smallest absolute Gasteiger partial charge is 0.408 e. The normalized spacial score (nSPS) is 12.3. The molecule has 1 amide bonds. The van der Waals surface area contributed by atoms with Crippen LogP contribution in [0.2, 0.25) is 0 Å². The molecule has 1 atom stereocenters. The average molecular weight is 452 g/mol. The van der Waals surface area contributed by atoms with Gasteiger partial charge >= 0.3 is 17.7 Å². The standard InChI is InChI=1S/C26H29NO6/c1-15-19-12-13-21(31-23(28)17(3)27-25(30)33-26(4,5)6)16(2)22(19)32-24(29)20(15)14-18-10-8-7-9-11-18/h7-13,17H,14H2,1-6H3,(H,27,30)/t17-/m0/s1. The summed E-state index contributed by atoms with van der Waals surface area (Å²) in [5.74, 6) is -0.410. The Morgan fingerprint density at radius 1 is 1.03 bits per heavy atom. The van der Waals surface area contributed by atoms with Gasteiger partial charge in [-0.15, -0.1) is 0 Å². The molecular formula is C26H29NO6. The molecule has 1 aromatic heterocycles. The number of alkyl carbamates (subject to hydrolysis) is 1. The summed E-state index contributed by atoms with van der Waals surface area (Å²) in [5.41, 5.74) is 2.22. The number of carbonyl (C=O) groups excluding carboxylic acids is 2. The zero-order chi connectivity index (χ0) is 24.3. The predicted octanol–water partition coefficient (Wildman–Crippen LogP) is 4.82. The van der Waals surface area contributed by atoms with Gasteiger partial charge in [0.2, 0.25) is 0 Å². The Morgan fingerprint density at radius 3 is 2.33 bits per heavy atom. The number of aryl methyl sites for hydroxylation is 2. The van der Waals surface area contributed by atoms with E-state index in [0.717, 1.165) is 16.5 Å². The van der Waals surface area contributed by atoms with Crippen molar-refractivity contribution in [1.82, 2.24) is 5.32 Å². The van der Waals surface area contributed by atoms with Crippen LogP contribution in [0.15, 0.2) is 51.7 Å². The lowest BCUT2D eigenvalue weighted by Gasteiger charge is -2.21. The first-order chi connectivity index (χ1) is 15.5. The highest BCUT2D eigenvalue weighted by Crippen LogP contribution is 2.30. The van der Waals surface area contributed by atoms with E-state index in [1.54, 1.807) is 39.8 Å². The number of rotatable bonds is 5. The zero-order valence-corrected chi connectivity index (χ0v) is 19.8. The van der Waals surface area contributed by atoms with E-state index in [-0.39, 0.29) is 5.75 Å². The molecule has 0 bridgehead atoms. The summed E-state index contributed by atoms with van der Waals surface area (Å²) < 4.78 is 16.3. The first-order valence-electron chi connectivity index (χ1n) is 10.8. The Morgan fingerprint density at radius 2 is 1.70 bits per heavy atom. The first kappa shape index (κ1) is 24.0. The molecule has 0 aliphatic carbocycles. The first-order valence-corrected chi connectivity index (χ1v) is 10.8. The number of hydrogen-bond donors (Lipinski definition) is 1. The lowest BCUT2D eigenvalue weighted by Crippen LogP contribution is -2.43. The fraction of sp³-hybridized carbons (Fsp3) is 0.346. The summed E-state index contributed by atoms with van der Waals surface area (Å²) >= 11 is 0. The number of fused-ring (bicyclic) bond motifs is 1. The van der Waals surface area contributed by atoms with Crippen LogP contribution in [0.4, 0.5) is 4.79 Å². The minimum Gasteiger partial charge on any atom is -0.444 e. The summed E-state index contributed by atoms with van der Waals surface area (Å²) in [6, 6.07) is 12.2. The molecule has 1 heterocycles. The van der Waals surface area contributed by atoms with Crippen molar-refractivity contribution in [2.24, 2.45) is 0 Å². The predicted molar refractivity (Wildman–Crippen MR) is 126 cm³/mol. The number of hydrogen-bond acceptors (Lipinski definition) is 6. The van der Waals surface area contributed by atoms with Crippen LogP contribution in [0.25, 0.3) is 11.0 Å². The van der Waals surface area contributed by atoms with Gasteiger partial charge in [0.1, 0.15) is 23.0 Å². The molecule has 174 valence electrons. The Labute approximate surface area is 192 Å². The SMILES string of the molecule is Cc1c(Cc2ccccc2)c(=O)oc2c(C)c(OC(=O)[C@H](C)NC(=O)OC(C)(C)C)ccc12. The van der Waals surface area contributed by atoms with Gasteiger partial charge in [0, 0.05) is 22.9 Å². The average Bonchev–Trinajstić information content (AvgIpc) is 2.72. The van der Waals surface area contributed by atoms with E-state index in [1.807, 2.05) is 37.3 Å². The van der Waals surface area contributed by atoms with E-state index in [1.165, 1.54) is 6.92 Å². The van der Waals surface area contributed by atoms with Crippen LogP contribution >= 0.6 is 0 Å². The Bertz CT molecular complexity index is 1240. The number of amides is 1.